The summed E-state index contributed by atoms with van der Waals surface area (Å²) in [7, 11) is 0. The number of ether oxygens (including phenoxy) is 2. The second-order valence-electron chi connectivity index (χ2n) is 7.48. The minimum Gasteiger partial charge on any atom is -0.493 e. The van der Waals surface area contributed by atoms with E-state index in [1.165, 1.54) is 12.1 Å². The van der Waals surface area contributed by atoms with E-state index in [4.69, 9.17) is 14.5 Å². The topological polar surface area (TPSA) is 98.0 Å². The Balaban J connectivity index is 0.00000272. The van der Waals surface area contributed by atoms with Crippen LogP contribution in [0.2, 0.25) is 0 Å². The lowest BCUT2D eigenvalue weighted by atomic mass is 10.0. The van der Waals surface area contributed by atoms with E-state index in [0.29, 0.717) is 25.7 Å². The van der Waals surface area contributed by atoms with Gasteiger partial charge >= 0.3 is 0 Å². The summed E-state index contributed by atoms with van der Waals surface area (Å²) in [5.41, 5.74) is 2.10. The maximum atomic E-state index is 10.8. The van der Waals surface area contributed by atoms with Crippen LogP contribution in [0.3, 0.4) is 0 Å². The van der Waals surface area contributed by atoms with Gasteiger partial charge in [-0.15, -0.1) is 24.0 Å². The maximum absolute atomic E-state index is 10.8. The number of rotatable bonds is 6. The van der Waals surface area contributed by atoms with Crippen molar-refractivity contribution >= 4 is 35.6 Å². The van der Waals surface area contributed by atoms with E-state index in [9.17, 15) is 10.1 Å². The highest BCUT2D eigenvalue weighted by molar-refractivity contribution is 14.0. The molecule has 0 radical (unpaired) electrons. The van der Waals surface area contributed by atoms with Crippen LogP contribution in [0.1, 0.15) is 36.4 Å². The standard InChI is InChI=1S/C22H26N4O4.HI/c27-26(28)17-9-7-16(8-10-17)14-23-22(24-15-18-4-3-12-29-18)25-20-11-13-30-21-6-2-1-5-19(20)21;/h1-2,5-10,18,20H,3-4,11-15H2,(H2,23,24,25);1H. The van der Waals surface area contributed by atoms with Crippen LogP contribution < -0.4 is 15.4 Å². The molecular formula is C22H27IN4O4. The molecule has 166 valence electrons. The minimum atomic E-state index is -0.397. The Labute approximate surface area is 198 Å². The zero-order valence-corrected chi connectivity index (χ0v) is 19.5. The molecule has 4 rings (SSSR count). The number of nitrogens with one attached hydrogen (secondary N) is 2. The van der Waals surface area contributed by atoms with Crippen molar-refractivity contribution in [3.63, 3.8) is 0 Å². The number of non-ortho nitro benzene ring substituents is 1. The molecule has 0 bridgehead atoms. The van der Waals surface area contributed by atoms with Crippen molar-refractivity contribution in [2.24, 2.45) is 4.99 Å². The molecule has 0 saturated carbocycles. The lowest BCUT2D eigenvalue weighted by Gasteiger charge is -2.28. The molecule has 1 saturated heterocycles. The van der Waals surface area contributed by atoms with Crippen molar-refractivity contribution in [2.75, 3.05) is 19.8 Å². The summed E-state index contributed by atoms with van der Waals surface area (Å²) in [6.45, 7) is 2.57. The summed E-state index contributed by atoms with van der Waals surface area (Å²) in [6.07, 6.45) is 3.17. The normalized spacial score (nSPS) is 20.2. The summed E-state index contributed by atoms with van der Waals surface area (Å²) in [6, 6.07) is 14.6. The highest BCUT2D eigenvalue weighted by Gasteiger charge is 2.23. The molecule has 2 aromatic rings. The number of hydrogen-bond donors (Lipinski definition) is 2. The fourth-order valence-electron chi connectivity index (χ4n) is 3.72. The third kappa shape index (κ3) is 6.30. The molecule has 2 aromatic carbocycles. The van der Waals surface area contributed by atoms with Crippen LogP contribution in [-0.4, -0.2) is 36.7 Å². The van der Waals surface area contributed by atoms with Gasteiger partial charge in [-0.05, 0) is 24.5 Å². The van der Waals surface area contributed by atoms with E-state index >= 15 is 0 Å². The Morgan fingerprint density at radius 3 is 2.68 bits per heavy atom. The second-order valence-corrected chi connectivity index (χ2v) is 7.48. The first kappa shape index (κ1) is 23.3. The average Bonchev–Trinajstić information content (AvgIpc) is 3.30. The lowest BCUT2D eigenvalue weighted by Crippen LogP contribution is -2.43. The quantitative estimate of drug-likeness (QED) is 0.190. The zero-order valence-electron chi connectivity index (χ0n) is 17.2. The molecule has 31 heavy (non-hydrogen) atoms. The van der Waals surface area contributed by atoms with E-state index < -0.39 is 4.92 Å². The van der Waals surface area contributed by atoms with E-state index in [0.717, 1.165) is 42.7 Å². The molecule has 2 unspecified atom stereocenters. The number of hydrogen-bond acceptors (Lipinski definition) is 5. The molecule has 0 spiro atoms. The number of aliphatic imine (C=N–C) groups is 1. The Kier molecular flexibility index (Phi) is 8.47. The van der Waals surface area contributed by atoms with Gasteiger partial charge in [0.15, 0.2) is 5.96 Å². The summed E-state index contributed by atoms with van der Waals surface area (Å²) >= 11 is 0. The number of para-hydroxylation sites is 1. The summed E-state index contributed by atoms with van der Waals surface area (Å²) in [5, 5.41) is 17.8. The largest absolute Gasteiger partial charge is 0.493 e. The zero-order chi connectivity index (χ0) is 20.8. The SMILES string of the molecule is I.O=[N+]([O-])c1ccc(CN=C(NCC2CCCO2)NC2CCOc3ccccc32)cc1. The number of nitrogens with zero attached hydrogens (tertiary/aromatic N) is 2. The summed E-state index contributed by atoms with van der Waals surface area (Å²) in [5.74, 6) is 1.60. The predicted octanol–water partition coefficient (Wildman–Crippen LogP) is 3.95. The van der Waals surface area contributed by atoms with Gasteiger partial charge in [-0.1, -0.05) is 30.3 Å². The van der Waals surface area contributed by atoms with Crippen LogP contribution in [-0.2, 0) is 11.3 Å². The van der Waals surface area contributed by atoms with Gasteiger partial charge in [0.05, 0.1) is 30.2 Å². The van der Waals surface area contributed by atoms with Crippen molar-refractivity contribution in [1.29, 1.82) is 0 Å². The highest BCUT2D eigenvalue weighted by Crippen LogP contribution is 2.31. The van der Waals surface area contributed by atoms with Gasteiger partial charge in [-0.3, -0.25) is 10.1 Å². The van der Waals surface area contributed by atoms with E-state index in [2.05, 4.69) is 16.7 Å². The molecule has 2 heterocycles. The van der Waals surface area contributed by atoms with Crippen molar-refractivity contribution in [2.45, 2.75) is 38.0 Å². The Bertz CT molecular complexity index is 901. The van der Waals surface area contributed by atoms with Gasteiger partial charge < -0.3 is 20.1 Å². The number of fused-ring (bicyclic) bond motifs is 1. The number of halogens is 1. The third-order valence-corrected chi connectivity index (χ3v) is 5.36. The Hall–Kier alpha value is -2.40. The van der Waals surface area contributed by atoms with Gasteiger partial charge in [0, 0.05) is 37.3 Å². The molecule has 2 N–H and O–H groups in total. The monoisotopic (exact) mass is 538 g/mol. The number of nitro benzene ring substituents is 1. The van der Waals surface area contributed by atoms with Crippen LogP contribution in [0.5, 0.6) is 5.75 Å². The first-order valence-electron chi connectivity index (χ1n) is 10.3. The molecule has 9 heteroatoms. The van der Waals surface area contributed by atoms with Crippen LogP contribution in [0.25, 0.3) is 0 Å². The minimum absolute atomic E-state index is 0. The third-order valence-electron chi connectivity index (χ3n) is 5.36. The summed E-state index contributed by atoms with van der Waals surface area (Å²) < 4.78 is 11.5. The Morgan fingerprint density at radius 2 is 1.94 bits per heavy atom. The van der Waals surface area contributed by atoms with Crippen LogP contribution in [0.15, 0.2) is 53.5 Å². The number of benzene rings is 2. The van der Waals surface area contributed by atoms with Crippen LogP contribution in [0, 0.1) is 10.1 Å². The van der Waals surface area contributed by atoms with Gasteiger partial charge in [-0.2, -0.15) is 0 Å². The molecule has 2 atom stereocenters. The smallest absolute Gasteiger partial charge is 0.269 e. The van der Waals surface area contributed by atoms with Gasteiger partial charge in [-0.25, -0.2) is 4.99 Å². The van der Waals surface area contributed by atoms with E-state index in [1.807, 2.05) is 18.2 Å². The van der Waals surface area contributed by atoms with Gasteiger partial charge in [0.2, 0.25) is 0 Å². The first-order chi connectivity index (χ1) is 14.7. The van der Waals surface area contributed by atoms with Crippen molar-refractivity contribution in [3.05, 3.63) is 69.8 Å². The second kappa shape index (κ2) is 11.3. The Morgan fingerprint density at radius 1 is 1.13 bits per heavy atom. The summed E-state index contributed by atoms with van der Waals surface area (Å²) in [4.78, 5) is 15.2. The van der Waals surface area contributed by atoms with Gasteiger partial charge in [0.25, 0.3) is 5.69 Å². The average molecular weight is 538 g/mol. The maximum Gasteiger partial charge on any atom is 0.269 e. The lowest BCUT2D eigenvalue weighted by molar-refractivity contribution is -0.384. The molecule has 8 nitrogen and oxygen atoms in total. The number of guanidine groups is 1. The number of nitro groups is 1. The van der Waals surface area contributed by atoms with Crippen molar-refractivity contribution in [1.82, 2.24) is 10.6 Å². The van der Waals surface area contributed by atoms with Gasteiger partial charge in [0.1, 0.15) is 5.75 Å². The highest BCUT2D eigenvalue weighted by atomic mass is 127. The van der Waals surface area contributed by atoms with E-state index in [1.54, 1.807) is 12.1 Å². The molecule has 1 fully saturated rings. The molecule has 2 aliphatic heterocycles. The molecule has 0 aromatic heterocycles. The molecule has 0 amide bonds. The van der Waals surface area contributed by atoms with E-state index in [-0.39, 0.29) is 41.8 Å². The molecule has 0 aliphatic carbocycles. The van der Waals surface area contributed by atoms with Crippen LogP contribution in [0.4, 0.5) is 5.69 Å². The fourth-order valence-corrected chi connectivity index (χ4v) is 3.72. The predicted molar refractivity (Wildman–Crippen MR) is 129 cm³/mol. The fraction of sp³-hybridized carbons (Fsp3) is 0.409. The van der Waals surface area contributed by atoms with Crippen molar-refractivity contribution in [3.8, 4) is 5.75 Å². The molecular weight excluding hydrogens is 511 g/mol. The van der Waals surface area contributed by atoms with Crippen molar-refractivity contribution < 1.29 is 14.4 Å². The molecule has 2 aliphatic rings. The first-order valence-corrected chi connectivity index (χ1v) is 10.3. The van der Waals surface area contributed by atoms with Crippen LogP contribution >= 0.6 is 24.0 Å².